The molecule has 0 saturated carbocycles. The number of nitrogens with zero attached hydrogens (tertiary/aromatic N) is 1. The summed E-state index contributed by atoms with van der Waals surface area (Å²) >= 11 is 6.30. The van der Waals surface area contributed by atoms with Crippen LogP contribution in [0.25, 0.3) is 0 Å². The van der Waals surface area contributed by atoms with Gasteiger partial charge in [0.15, 0.2) is 0 Å². The third-order valence-electron chi connectivity index (χ3n) is 3.87. The zero-order valence-corrected chi connectivity index (χ0v) is 12.7. The van der Waals surface area contributed by atoms with Gasteiger partial charge in [-0.2, -0.15) is 0 Å². The minimum absolute atomic E-state index is 0.183. The van der Waals surface area contributed by atoms with Gasteiger partial charge < -0.3 is 5.73 Å². The van der Waals surface area contributed by atoms with Crippen molar-refractivity contribution in [2.75, 3.05) is 13.6 Å². The van der Waals surface area contributed by atoms with E-state index in [-0.39, 0.29) is 12.1 Å². The molecule has 0 heterocycles. The third-order valence-corrected chi connectivity index (χ3v) is 4.21. The van der Waals surface area contributed by atoms with E-state index in [1.807, 2.05) is 36.4 Å². The lowest BCUT2D eigenvalue weighted by atomic mass is 10.0. The summed E-state index contributed by atoms with van der Waals surface area (Å²) in [4.78, 5) is 2.27. The highest BCUT2D eigenvalue weighted by Crippen LogP contribution is 2.31. The van der Waals surface area contributed by atoms with Crippen LogP contribution in [-0.4, -0.2) is 18.5 Å². The molecule has 106 valence electrons. The highest BCUT2D eigenvalue weighted by atomic mass is 35.5. The van der Waals surface area contributed by atoms with E-state index < -0.39 is 0 Å². The molecule has 0 saturated heterocycles. The molecule has 20 heavy (non-hydrogen) atoms. The first-order chi connectivity index (χ1) is 9.65. The van der Waals surface area contributed by atoms with Crippen LogP contribution >= 0.6 is 11.6 Å². The number of nitrogens with two attached hydrogens (primary N) is 1. The van der Waals surface area contributed by atoms with E-state index in [1.165, 1.54) is 5.56 Å². The largest absolute Gasteiger partial charge is 0.329 e. The van der Waals surface area contributed by atoms with Crippen LogP contribution in [-0.2, 0) is 0 Å². The molecule has 0 aliphatic carbocycles. The molecule has 2 unspecified atom stereocenters. The van der Waals surface area contributed by atoms with Crippen molar-refractivity contribution in [1.82, 2.24) is 4.90 Å². The van der Waals surface area contributed by atoms with Gasteiger partial charge in [0.25, 0.3) is 0 Å². The van der Waals surface area contributed by atoms with Crippen LogP contribution in [0.2, 0.25) is 5.02 Å². The highest BCUT2D eigenvalue weighted by molar-refractivity contribution is 6.31. The maximum absolute atomic E-state index is 6.30. The van der Waals surface area contributed by atoms with Crippen molar-refractivity contribution in [1.29, 1.82) is 0 Å². The summed E-state index contributed by atoms with van der Waals surface area (Å²) in [7, 11) is 2.10. The summed E-state index contributed by atoms with van der Waals surface area (Å²) in [6.45, 7) is 2.74. The summed E-state index contributed by atoms with van der Waals surface area (Å²) in [6, 6.07) is 18.7. The van der Waals surface area contributed by atoms with Crippen LogP contribution in [0.4, 0.5) is 0 Å². The SMILES string of the molecule is CC(c1ccccc1Cl)N(C)C(CN)c1ccccc1. The second-order valence-electron chi connectivity index (χ2n) is 5.03. The predicted molar refractivity (Wildman–Crippen MR) is 85.9 cm³/mol. The highest BCUT2D eigenvalue weighted by Gasteiger charge is 2.22. The molecule has 0 fully saturated rings. The lowest BCUT2D eigenvalue weighted by molar-refractivity contribution is 0.190. The summed E-state index contributed by atoms with van der Waals surface area (Å²) in [5.41, 5.74) is 8.35. The van der Waals surface area contributed by atoms with Gasteiger partial charge in [-0.15, -0.1) is 0 Å². The second-order valence-corrected chi connectivity index (χ2v) is 5.43. The van der Waals surface area contributed by atoms with Gasteiger partial charge in [-0.25, -0.2) is 0 Å². The standard InChI is InChI=1S/C17H21ClN2/c1-13(15-10-6-7-11-16(15)18)20(2)17(12-19)14-8-4-3-5-9-14/h3-11,13,17H,12,19H2,1-2H3. The van der Waals surface area contributed by atoms with E-state index in [0.717, 1.165) is 10.6 Å². The van der Waals surface area contributed by atoms with Crippen LogP contribution in [0, 0.1) is 0 Å². The molecule has 0 aromatic heterocycles. The summed E-state index contributed by atoms with van der Waals surface area (Å²) in [5, 5.41) is 0.802. The number of hydrogen-bond acceptors (Lipinski definition) is 2. The number of benzene rings is 2. The van der Waals surface area contributed by atoms with Crippen molar-refractivity contribution in [3.8, 4) is 0 Å². The summed E-state index contributed by atoms with van der Waals surface area (Å²) < 4.78 is 0. The van der Waals surface area contributed by atoms with E-state index in [4.69, 9.17) is 17.3 Å². The van der Waals surface area contributed by atoms with E-state index in [9.17, 15) is 0 Å². The molecule has 2 aromatic carbocycles. The third kappa shape index (κ3) is 3.21. The Hall–Kier alpha value is -1.35. The number of likely N-dealkylation sites (N-methyl/N-ethyl adjacent to an activating group) is 1. The van der Waals surface area contributed by atoms with Gasteiger partial charge in [-0.1, -0.05) is 60.1 Å². The first-order valence-corrected chi connectivity index (χ1v) is 7.24. The summed E-state index contributed by atoms with van der Waals surface area (Å²) in [5.74, 6) is 0. The average Bonchev–Trinajstić information content (AvgIpc) is 2.49. The van der Waals surface area contributed by atoms with E-state index in [0.29, 0.717) is 6.54 Å². The van der Waals surface area contributed by atoms with Crippen molar-refractivity contribution in [2.24, 2.45) is 5.73 Å². The van der Waals surface area contributed by atoms with Gasteiger partial charge in [0.2, 0.25) is 0 Å². The van der Waals surface area contributed by atoms with Gasteiger partial charge in [-0.05, 0) is 31.2 Å². The fraction of sp³-hybridized carbons (Fsp3) is 0.294. The maximum Gasteiger partial charge on any atom is 0.0473 e. The predicted octanol–water partition coefficient (Wildman–Crippen LogP) is 4.03. The van der Waals surface area contributed by atoms with E-state index in [2.05, 4.69) is 37.1 Å². The molecule has 0 bridgehead atoms. The molecule has 2 aromatic rings. The van der Waals surface area contributed by atoms with Crippen molar-refractivity contribution in [3.05, 3.63) is 70.7 Å². The minimum atomic E-state index is 0.183. The zero-order valence-electron chi connectivity index (χ0n) is 12.0. The molecular weight excluding hydrogens is 268 g/mol. The van der Waals surface area contributed by atoms with E-state index >= 15 is 0 Å². The molecule has 0 radical (unpaired) electrons. The van der Waals surface area contributed by atoms with Crippen molar-refractivity contribution >= 4 is 11.6 Å². The molecule has 0 aliphatic rings. The molecule has 2 rings (SSSR count). The Balaban J connectivity index is 2.25. The Kier molecular flexibility index (Phi) is 5.18. The van der Waals surface area contributed by atoms with Crippen LogP contribution in [0.1, 0.15) is 30.1 Å². The number of halogens is 1. The Morgan fingerprint density at radius 2 is 1.65 bits per heavy atom. The molecule has 2 atom stereocenters. The first kappa shape index (κ1) is 15.0. The molecule has 0 aliphatic heterocycles. The van der Waals surface area contributed by atoms with Crippen LogP contribution < -0.4 is 5.73 Å². The Morgan fingerprint density at radius 1 is 1.05 bits per heavy atom. The molecule has 2 N–H and O–H groups in total. The van der Waals surface area contributed by atoms with Gasteiger partial charge in [0.1, 0.15) is 0 Å². The Morgan fingerprint density at radius 3 is 2.25 bits per heavy atom. The first-order valence-electron chi connectivity index (χ1n) is 6.86. The Bertz CT molecular complexity index is 542. The second kappa shape index (κ2) is 6.89. The van der Waals surface area contributed by atoms with E-state index in [1.54, 1.807) is 0 Å². The average molecular weight is 289 g/mol. The van der Waals surface area contributed by atoms with Gasteiger partial charge >= 0.3 is 0 Å². The van der Waals surface area contributed by atoms with Gasteiger partial charge in [0, 0.05) is 23.7 Å². The smallest absolute Gasteiger partial charge is 0.0473 e. The summed E-state index contributed by atoms with van der Waals surface area (Å²) in [6.07, 6.45) is 0. The van der Waals surface area contributed by atoms with Crippen LogP contribution in [0.3, 0.4) is 0 Å². The van der Waals surface area contributed by atoms with Crippen molar-refractivity contribution < 1.29 is 0 Å². The maximum atomic E-state index is 6.30. The zero-order chi connectivity index (χ0) is 14.5. The monoisotopic (exact) mass is 288 g/mol. The quantitative estimate of drug-likeness (QED) is 0.900. The van der Waals surface area contributed by atoms with Crippen LogP contribution in [0.5, 0.6) is 0 Å². The lowest BCUT2D eigenvalue weighted by Crippen LogP contribution is -2.32. The van der Waals surface area contributed by atoms with Crippen molar-refractivity contribution in [2.45, 2.75) is 19.0 Å². The number of rotatable bonds is 5. The Labute approximate surface area is 126 Å². The van der Waals surface area contributed by atoms with Crippen molar-refractivity contribution in [3.63, 3.8) is 0 Å². The topological polar surface area (TPSA) is 29.3 Å². The molecular formula is C17H21ClN2. The van der Waals surface area contributed by atoms with Gasteiger partial charge in [-0.3, -0.25) is 4.90 Å². The lowest BCUT2D eigenvalue weighted by Gasteiger charge is -2.33. The fourth-order valence-corrected chi connectivity index (χ4v) is 2.81. The normalized spacial score (nSPS) is 14.2. The minimum Gasteiger partial charge on any atom is -0.329 e. The van der Waals surface area contributed by atoms with Crippen LogP contribution in [0.15, 0.2) is 54.6 Å². The number of hydrogen-bond donors (Lipinski definition) is 1. The molecule has 3 heteroatoms. The molecule has 2 nitrogen and oxygen atoms in total. The fourth-order valence-electron chi connectivity index (χ4n) is 2.52. The molecule has 0 spiro atoms. The van der Waals surface area contributed by atoms with Gasteiger partial charge in [0.05, 0.1) is 0 Å². The molecule has 0 amide bonds.